The number of benzene rings is 2. The van der Waals surface area contributed by atoms with E-state index in [-0.39, 0.29) is 11.9 Å². The van der Waals surface area contributed by atoms with Gasteiger partial charge in [0.05, 0.1) is 5.92 Å². The number of methoxy groups -OCH3 is 1. The molecule has 0 unspecified atom stereocenters. The number of rotatable bonds is 8. The summed E-state index contributed by atoms with van der Waals surface area (Å²) in [6.45, 7) is 0. The Morgan fingerprint density at radius 3 is 1.81 bits per heavy atom. The molecule has 8 heteroatoms. The number of hydrogen-bond donors (Lipinski definition) is 2. The van der Waals surface area contributed by atoms with Crippen molar-refractivity contribution < 1.29 is 14.3 Å². The van der Waals surface area contributed by atoms with Gasteiger partial charge in [0.15, 0.2) is 0 Å². The molecule has 2 aromatic carbocycles. The Balaban J connectivity index is 1.65. The minimum atomic E-state index is -1.23. The van der Waals surface area contributed by atoms with Crippen LogP contribution in [0.25, 0.3) is 0 Å². The van der Waals surface area contributed by atoms with E-state index >= 15 is 0 Å². The SMILES string of the molecule is COC1(Oc2nc(Nc3ccccc3)nc(Nc3ccccc3)n2)C=CC(C=O)C=C1. The van der Waals surface area contributed by atoms with Crippen LogP contribution in [0.1, 0.15) is 0 Å². The number of aldehydes is 1. The molecule has 0 saturated heterocycles. The van der Waals surface area contributed by atoms with Crippen LogP contribution in [0.4, 0.5) is 23.3 Å². The van der Waals surface area contributed by atoms with Gasteiger partial charge < -0.3 is 24.9 Å². The Kier molecular flexibility index (Phi) is 6.00. The van der Waals surface area contributed by atoms with Crippen molar-refractivity contribution >= 4 is 29.6 Å². The topological polar surface area (TPSA) is 98.3 Å². The summed E-state index contributed by atoms with van der Waals surface area (Å²) in [5.74, 6) is -0.948. The van der Waals surface area contributed by atoms with Gasteiger partial charge in [-0.05, 0) is 36.4 Å². The van der Waals surface area contributed by atoms with Crippen molar-refractivity contribution in [2.45, 2.75) is 5.79 Å². The van der Waals surface area contributed by atoms with Gasteiger partial charge in [-0.25, -0.2) is 0 Å². The van der Waals surface area contributed by atoms with Gasteiger partial charge >= 0.3 is 6.01 Å². The van der Waals surface area contributed by atoms with E-state index in [0.29, 0.717) is 11.9 Å². The Bertz CT molecular complexity index is 1010. The van der Waals surface area contributed by atoms with Crippen molar-refractivity contribution in [3.05, 3.63) is 85.0 Å². The molecule has 1 aliphatic carbocycles. The van der Waals surface area contributed by atoms with Crippen LogP contribution in [0, 0.1) is 5.92 Å². The fourth-order valence-electron chi connectivity index (χ4n) is 2.90. The number of hydrogen-bond acceptors (Lipinski definition) is 8. The van der Waals surface area contributed by atoms with Gasteiger partial charge in [-0.1, -0.05) is 48.6 Å². The van der Waals surface area contributed by atoms with Crippen molar-refractivity contribution in [1.29, 1.82) is 0 Å². The first-order valence-corrected chi connectivity index (χ1v) is 9.66. The molecule has 2 N–H and O–H groups in total. The minimum Gasteiger partial charge on any atom is -0.423 e. The quantitative estimate of drug-likeness (QED) is 0.323. The van der Waals surface area contributed by atoms with E-state index in [9.17, 15) is 4.79 Å². The molecule has 1 aromatic heterocycles. The highest BCUT2D eigenvalue weighted by Gasteiger charge is 2.30. The van der Waals surface area contributed by atoms with Gasteiger partial charge in [0.1, 0.15) is 6.29 Å². The van der Waals surface area contributed by atoms with Crippen LogP contribution in [-0.4, -0.2) is 34.1 Å². The van der Waals surface area contributed by atoms with Crippen molar-refractivity contribution in [2.75, 3.05) is 17.7 Å². The number of ether oxygens (including phenoxy) is 2. The number of allylic oxidation sites excluding steroid dienone is 2. The van der Waals surface area contributed by atoms with Gasteiger partial charge in [-0.15, -0.1) is 0 Å². The number of aromatic nitrogens is 3. The number of anilines is 4. The lowest BCUT2D eigenvalue weighted by Gasteiger charge is -2.28. The van der Waals surface area contributed by atoms with Crippen LogP contribution in [0.5, 0.6) is 6.01 Å². The second-order valence-electron chi connectivity index (χ2n) is 6.71. The molecule has 4 rings (SSSR count). The molecule has 0 spiro atoms. The van der Waals surface area contributed by atoms with Gasteiger partial charge in [0.2, 0.25) is 11.9 Å². The summed E-state index contributed by atoms with van der Waals surface area (Å²) < 4.78 is 11.5. The Morgan fingerprint density at radius 2 is 1.35 bits per heavy atom. The van der Waals surface area contributed by atoms with Gasteiger partial charge in [0, 0.05) is 18.5 Å². The maximum absolute atomic E-state index is 11.0. The molecule has 0 aliphatic heterocycles. The van der Waals surface area contributed by atoms with E-state index in [1.165, 1.54) is 7.11 Å². The van der Waals surface area contributed by atoms with Gasteiger partial charge in [-0.2, -0.15) is 15.0 Å². The highest BCUT2D eigenvalue weighted by molar-refractivity contribution is 5.61. The van der Waals surface area contributed by atoms with Crippen LogP contribution in [0.2, 0.25) is 0 Å². The molecular weight excluding hydrogens is 394 g/mol. The molecule has 0 atom stereocenters. The normalized spacial score (nSPS) is 19.6. The number of nitrogens with zero attached hydrogens (tertiary/aromatic N) is 3. The molecule has 0 amide bonds. The zero-order valence-electron chi connectivity index (χ0n) is 16.8. The third-order valence-electron chi connectivity index (χ3n) is 4.50. The smallest absolute Gasteiger partial charge is 0.326 e. The molecule has 3 aromatic rings. The van der Waals surface area contributed by atoms with Crippen LogP contribution < -0.4 is 15.4 Å². The zero-order valence-corrected chi connectivity index (χ0v) is 16.8. The van der Waals surface area contributed by atoms with Gasteiger partial charge in [0.25, 0.3) is 5.79 Å². The van der Waals surface area contributed by atoms with Crippen molar-refractivity contribution in [2.24, 2.45) is 5.92 Å². The average molecular weight is 415 g/mol. The van der Waals surface area contributed by atoms with Crippen LogP contribution in [-0.2, 0) is 9.53 Å². The molecule has 1 aliphatic rings. The molecule has 31 heavy (non-hydrogen) atoms. The minimum absolute atomic E-state index is 0.0487. The molecule has 156 valence electrons. The summed E-state index contributed by atoms with van der Waals surface area (Å²) in [5.41, 5.74) is 1.64. The van der Waals surface area contributed by atoms with E-state index < -0.39 is 5.79 Å². The first kappa shape index (κ1) is 20.2. The first-order valence-electron chi connectivity index (χ1n) is 9.66. The monoisotopic (exact) mass is 415 g/mol. The highest BCUT2D eigenvalue weighted by Crippen LogP contribution is 2.26. The van der Waals surface area contributed by atoms with Gasteiger partial charge in [-0.3, -0.25) is 0 Å². The average Bonchev–Trinajstić information content (AvgIpc) is 2.81. The fraction of sp³-hybridized carbons (Fsp3) is 0.130. The molecule has 0 fully saturated rings. The summed E-state index contributed by atoms with van der Waals surface area (Å²) >= 11 is 0. The van der Waals surface area contributed by atoms with Crippen molar-refractivity contribution in [1.82, 2.24) is 15.0 Å². The van der Waals surface area contributed by atoms with Crippen LogP contribution in [0.3, 0.4) is 0 Å². The molecule has 1 heterocycles. The summed E-state index contributed by atoms with van der Waals surface area (Å²) in [6.07, 6.45) is 7.54. The predicted molar refractivity (Wildman–Crippen MR) is 117 cm³/mol. The standard InChI is InChI=1S/C23H21N5O3/c1-30-23(14-12-17(16-29)13-15-23)31-22-27-20(24-18-8-4-2-5-9-18)26-21(28-22)25-19-10-6-3-7-11-19/h2-17H,1H3,(H2,24,25,26,27,28). The Labute approximate surface area is 179 Å². The second kappa shape index (κ2) is 9.19. The predicted octanol–water partition coefficient (Wildman–Crippen LogP) is 4.02. The lowest BCUT2D eigenvalue weighted by molar-refractivity contribution is -0.109. The number of para-hydroxylation sites is 2. The zero-order chi connectivity index (χ0) is 21.5. The second-order valence-corrected chi connectivity index (χ2v) is 6.71. The number of nitrogens with one attached hydrogen (secondary N) is 2. The highest BCUT2D eigenvalue weighted by atomic mass is 16.7. The van der Waals surface area contributed by atoms with Crippen LogP contribution in [0.15, 0.2) is 85.0 Å². The summed E-state index contributed by atoms with van der Waals surface area (Å²) in [7, 11) is 1.50. The van der Waals surface area contributed by atoms with Crippen molar-refractivity contribution in [3.63, 3.8) is 0 Å². The lowest BCUT2D eigenvalue weighted by atomic mass is 10.0. The van der Waals surface area contributed by atoms with E-state index in [2.05, 4.69) is 25.6 Å². The van der Waals surface area contributed by atoms with E-state index in [0.717, 1.165) is 17.7 Å². The fourth-order valence-corrected chi connectivity index (χ4v) is 2.90. The lowest BCUT2D eigenvalue weighted by Crippen LogP contribution is -2.36. The first-order chi connectivity index (χ1) is 15.2. The number of carbonyl (C=O) groups is 1. The Morgan fingerprint density at radius 1 is 0.839 bits per heavy atom. The molecule has 0 radical (unpaired) electrons. The number of carbonyl (C=O) groups excluding carboxylic acids is 1. The molecule has 0 saturated carbocycles. The van der Waals surface area contributed by atoms with E-state index in [1.807, 2.05) is 60.7 Å². The summed E-state index contributed by atoms with van der Waals surface area (Å²) in [4.78, 5) is 24.2. The van der Waals surface area contributed by atoms with Crippen molar-refractivity contribution in [3.8, 4) is 6.01 Å². The van der Waals surface area contributed by atoms with Crippen LogP contribution >= 0.6 is 0 Å². The summed E-state index contributed by atoms with van der Waals surface area (Å²) in [5, 5.41) is 6.30. The maximum atomic E-state index is 11.0. The van der Waals surface area contributed by atoms with E-state index in [4.69, 9.17) is 9.47 Å². The van der Waals surface area contributed by atoms with E-state index in [1.54, 1.807) is 24.3 Å². The maximum Gasteiger partial charge on any atom is 0.326 e. The largest absolute Gasteiger partial charge is 0.423 e. The third-order valence-corrected chi connectivity index (χ3v) is 4.50. The molecular formula is C23H21N5O3. The summed E-state index contributed by atoms with van der Waals surface area (Å²) in [6, 6.07) is 19.1. The molecule has 0 bridgehead atoms. The third kappa shape index (κ3) is 5.12. The Hall–Kier alpha value is -4.04. The molecule has 8 nitrogen and oxygen atoms in total.